The molecule has 0 saturated carbocycles. The van der Waals surface area contributed by atoms with Crippen LogP contribution < -0.4 is 15.6 Å². The first kappa shape index (κ1) is 20.3. The maximum Gasteiger partial charge on any atom is 0.255 e. The summed E-state index contributed by atoms with van der Waals surface area (Å²) in [5.74, 6) is 0.134. The predicted octanol–water partition coefficient (Wildman–Crippen LogP) is 2.18. The van der Waals surface area contributed by atoms with E-state index in [1.54, 1.807) is 36.4 Å². The minimum atomic E-state index is -0.360. The zero-order chi connectivity index (χ0) is 21.0. The van der Waals surface area contributed by atoms with Crippen molar-refractivity contribution in [1.82, 2.24) is 20.5 Å². The molecule has 29 heavy (non-hydrogen) atoms. The Hall–Kier alpha value is -3.39. The van der Waals surface area contributed by atoms with E-state index in [1.165, 1.54) is 13.2 Å². The topological polar surface area (TPSA) is 120 Å². The number of carbonyl (C=O) groups is 1. The zero-order valence-corrected chi connectivity index (χ0v) is 16.5. The highest BCUT2D eigenvalue weighted by Gasteiger charge is 2.22. The van der Waals surface area contributed by atoms with Gasteiger partial charge in [0.25, 0.3) is 5.91 Å². The number of methoxy groups -OCH3 is 1. The minimum absolute atomic E-state index is 0.0825. The van der Waals surface area contributed by atoms with Crippen LogP contribution in [0.1, 0.15) is 35.6 Å². The summed E-state index contributed by atoms with van der Waals surface area (Å²) in [6, 6.07) is 7.89. The van der Waals surface area contributed by atoms with E-state index >= 15 is 0 Å². The summed E-state index contributed by atoms with van der Waals surface area (Å²) in [7, 11) is 1.49. The van der Waals surface area contributed by atoms with Crippen LogP contribution in [0.15, 0.2) is 35.1 Å². The molecule has 2 heterocycles. The van der Waals surface area contributed by atoms with Crippen molar-refractivity contribution in [1.29, 1.82) is 0 Å². The summed E-state index contributed by atoms with van der Waals surface area (Å²) in [4.78, 5) is 27.0. The number of aliphatic hydroxyl groups is 1. The van der Waals surface area contributed by atoms with Gasteiger partial charge in [0.2, 0.25) is 5.56 Å². The van der Waals surface area contributed by atoms with Gasteiger partial charge in [0.1, 0.15) is 5.75 Å². The summed E-state index contributed by atoms with van der Waals surface area (Å²) in [5.41, 5.74) is 2.07. The maximum absolute atomic E-state index is 12.8. The van der Waals surface area contributed by atoms with Crippen molar-refractivity contribution in [3.63, 3.8) is 0 Å². The van der Waals surface area contributed by atoms with Gasteiger partial charge in [-0.3, -0.25) is 14.7 Å². The lowest BCUT2D eigenvalue weighted by Crippen LogP contribution is -2.41. The molecule has 3 aromatic rings. The number of hydrogen-bond acceptors (Lipinski definition) is 5. The SMILES string of the molecule is COc1c(C(=O)NC(CO)C(C)C)ccc2n[nH]c(/C=C/c3cccc(=O)[nH]3)c12. The van der Waals surface area contributed by atoms with Gasteiger partial charge in [-0.05, 0) is 36.3 Å². The first-order chi connectivity index (χ1) is 13.9. The van der Waals surface area contributed by atoms with Crippen LogP contribution >= 0.6 is 0 Å². The highest BCUT2D eigenvalue weighted by atomic mass is 16.5. The van der Waals surface area contributed by atoms with Gasteiger partial charge in [-0.15, -0.1) is 0 Å². The molecule has 0 saturated heterocycles. The summed E-state index contributed by atoms with van der Waals surface area (Å²) < 4.78 is 5.55. The maximum atomic E-state index is 12.8. The molecule has 2 aromatic heterocycles. The fourth-order valence-electron chi connectivity index (χ4n) is 3.02. The Morgan fingerprint density at radius 2 is 2.07 bits per heavy atom. The highest BCUT2D eigenvalue weighted by Crippen LogP contribution is 2.32. The molecule has 152 valence electrons. The molecule has 0 aliphatic carbocycles. The van der Waals surface area contributed by atoms with Crippen molar-refractivity contribution in [2.75, 3.05) is 13.7 Å². The number of hydrogen-bond donors (Lipinski definition) is 4. The van der Waals surface area contributed by atoms with Gasteiger partial charge in [-0.2, -0.15) is 5.10 Å². The Balaban J connectivity index is 2.01. The third-order valence-corrected chi connectivity index (χ3v) is 4.69. The number of H-pyrrole nitrogens is 2. The second-order valence-corrected chi connectivity index (χ2v) is 6.99. The van der Waals surface area contributed by atoms with Gasteiger partial charge in [-0.1, -0.05) is 19.9 Å². The van der Waals surface area contributed by atoms with Crippen LogP contribution in [-0.2, 0) is 0 Å². The van der Waals surface area contributed by atoms with Gasteiger partial charge < -0.3 is 20.1 Å². The van der Waals surface area contributed by atoms with E-state index in [9.17, 15) is 14.7 Å². The molecule has 1 atom stereocenters. The lowest BCUT2D eigenvalue weighted by molar-refractivity contribution is 0.0894. The van der Waals surface area contributed by atoms with Gasteiger partial charge in [0.15, 0.2) is 0 Å². The second kappa shape index (κ2) is 8.74. The number of ether oxygens (including phenoxy) is 1. The Bertz CT molecular complexity index is 1100. The summed E-state index contributed by atoms with van der Waals surface area (Å²) in [6.45, 7) is 3.70. The van der Waals surface area contributed by atoms with E-state index in [4.69, 9.17) is 4.74 Å². The fraction of sp³-hybridized carbons (Fsp3) is 0.286. The van der Waals surface area contributed by atoms with Crippen LogP contribution in [-0.4, -0.2) is 46.0 Å². The molecule has 0 bridgehead atoms. The van der Waals surface area contributed by atoms with Gasteiger partial charge in [0, 0.05) is 11.8 Å². The van der Waals surface area contributed by atoms with Crippen molar-refractivity contribution in [3.8, 4) is 5.75 Å². The van der Waals surface area contributed by atoms with E-state index in [2.05, 4.69) is 20.5 Å². The Morgan fingerprint density at radius 1 is 1.28 bits per heavy atom. The van der Waals surface area contributed by atoms with Crippen LogP contribution in [0, 0.1) is 5.92 Å². The highest BCUT2D eigenvalue weighted by molar-refractivity contribution is 6.05. The number of benzene rings is 1. The molecule has 0 radical (unpaired) electrons. The number of aromatic nitrogens is 3. The smallest absolute Gasteiger partial charge is 0.255 e. The number of nitrogens with one attached hydrogen (secondary N) is 3. The monoisotopic (exact) mass is 396 g/mol. The lowest BCUT2D eigenvalue weighted by Gasteiger charge is -2.20. The number of carbonyl (C=O) groups excluding carboxylic acids is 1. The van der Waals surface area contributed by atoms with Crippen molar-refractivity contribution in [3.05, 3.63) is 57.6 Å². The van der Waals surface area contributed by atoms with E-state index in [0.717, 1.165) is 0 Å². The predicted molar refractivity (Wildman–Crippen MR) is 112 cm³/mol. The van der Waals surface area contributed by atoms with Crippen molar-refractivity contribution >= 4 is 29.0 Å². The molecular formula is C21H24N4O4. The fourth-order valence-corrected chi connectivity index (χ4v) is 3.02. The molecule has 3 rings (SSSR count). The standard InChI is InChI=1S/C21H24N4O4/c1-12(2)17(11-26)23-21(28)14-8-10-16-19(20(14)29-3)15(24-25-16)9-7-13-5-4-6-18(27)22-13/h4-10,12,17,26H,11H2,1-3H3,(H,22,27)(H,23,28)(H,24,25)/b9-7+. The molecule has 1 aromatic carbocycles. The van der Waals surface area contributed by atoms with Crippen molar-refractivity contribution < 1.29 is 14.6 Å². The van der Waals surface area contributed by atoms with Crippen LogP contribution in [0.4, 0.5) is 0 Å². The summed E-state index contributed by atoms with van der Waals surface area (Å²) in [5, 5.41) is 20.2. The first-order valence-corrected chi connectivity index (χ1v) is 9.28. The summed E-state index contributed by atoms with van der Waals surface area (Å²) in [6.07, 6.45) is 3.50. The molecule has 1 amide bonds. The summed E-state index contributed by atoms with van der Waals surface area (Å²) >= 11 is 0. The van der Waals surface area contributed by atoms with Gasteiger partial charge in [0.05, 0.1) is 41.9 Å². The average Bonchev–Trinajstić information content (AvgIpc) is 3.12. The van der Waals surface area contributed by atoms with E-state index < -0.39 is 0 Å². The molecule has 8 nitrogen and oxygen atoms in total. The molecular weight excluding hydrogens is 372 g/mol. The number of nitrogens with zero attached hydrogens (tertiary/aromatic N) is 1. The molecule has 8 heteroatoms. The number of rotatable bonds is 7. The van der Waals surface area contributed by atoms with Gasteiger partial charge >= 0.3 is 0 Å². The number of aromatic amines is 2. The molecule has 0 fully saturated rings. The van der Waals surface area contributed by atoms with Crippen molar-refractivity contribution in [2.24, 2.45) is 5.92 Å². The van der Waals surface area contributed by atoms with Crippen LogP contribution in [0.2, 0.25) is 0 Å². The minimum Gasteiger partial charge on any atom is -0.495 e. The third-order valence-electron chi connectivity index (χ3n) is 4.69. The molecule has 1 unspecified atom stereocenters. The van der Waals surface area contributed by atoms with Crippen molar-refractivity contribution in [2.45, 2.75) is 19.9 Å². The number of aliphatic hydroxyl groups excluding tert-OH is 1. The van der Waals surface area contributed by atoms with E-state index in [1.807, 2.05) is 13.8 Å². The zero-order valence-electron chi connectivity index (χ0n) is 16.5. The second-order valence-electron chi connectivity index (χ2n) is 6.99. The van der Waals surface area contributed by atoms with E-state index in [-0.39, 0.29) is 30.0 Å². The van der Waals surface area contributed by atoms with Crippen LogP contribution in [0.25, 0.3) is 23.1 Å². The number of pyridine rings is 1. The Labute approximate surface area is 167 Å². The van der Waals surface area contributed by atoms with Gasteiger partial charge in [-0.25, -0.2) is 0 Å². The number of fused-ring (bicyclic) bond motifs is 1. The molecule has 4 N–H and O–H groups in total. The van der Waals surface area contributed by atoms with E-state index in [0.29, 0.717) is 33.6 Å². The van der Waals surface area contributed by atoms with Crippen LogP contribution in [0.3, 0.4) is 0 Å². The Kier molecular flexibility index (Phi) is 6.13. The third kappa shape index (κ3) is 4.38. The quantitative estimate of drug-likeness (QED) is 0.488. The largest absolute Gasteiger partial charge is 0.495 e. The Morgan fingerprint density at radius 3 is 2.72 bits per heavy atom. The average molecular weight is 396 g/mol. The molecule has 0 aliphatic heterocycles. The number of amides is 1. The molecule has 0 spiro atoms. The van der Waals surface area contributed by atoms with Crippen LogP contribution in [0.5, 0.6) is 5.75 Å². The first-order valence-electron chi connectivity index (χ1n) is 9.28. The lowest BCUT2D eigenvalue weighted by atomic mass is 10.0. The molecule has 0 aliphatic rings. The normalized spacial score (nSPS) is 12.6.